The van der Waals surface area contributed by atoms with Crippen LogP contribution in [-0.2, 0) is 4.79 Å². The summed E-state index contributed by atoms with van der Waals surface area (Å²) in [6.07, 6.45) is 0. The van der Waals surface area contributed by atoms with Crippen LogP contribution in [0.25, 0.3) is 17.1 Å². The average Bonchev–Trinajstić information content (AvgIpc) is 3.28. The number of aromatic nitrogens is 3. The van der Waals surface area contributed by atoms with E-state index in [1.807, 2.05) is 86.0 Å². The molecule has 1 heterocycles. The van der Waals surface area contributed by atoms with Crippen LogP contribution in [0.4, 0.5) is 5.69 Å². The van der Waals surface area contributed by atoms with Gasteiger partial charge in [-0.1, -0.05) is 53.7 Å². The highest BCUT2D eigenvalue weighted by Crippen LogP contribution is 2.35. The van der Waals surface area contributed by atoms with Crippen molar-refractivity contribution in [2.24, 2.45) is 0 Å². The highest BCUT2D eigenvalue weighted by atomic mass is 32.2. The Morgan fingerprint density at radius 1 is 0.914 bits per heavy atom. The summed E-state index contributed by atoms with van der Waals surface area (Å²) in [5, 5.41) is 12.5. The fourth-order valence-electron chi connectivity index (χ4n) is 3.63. The lowest BCUT2D eigenvalue weighted by Gasteiger charge is -2.15. The van der Waals surface area contributed by atoms with E-state index in [9.17, 15) is 4.79 Å². The first-order chi connectivity index (χ1) is 16.9. The molecule has 0 atom stereocenters. The van der Waals surface area contributed by atoms with Crippen molar-refractivity contribution in [1.29, 1.82) is 0 Å². The minimum Gasteiger partial charge on any atom is -0.497 e. The first-order valence-electron chi connectivity index (χ1n) is 11.1. The molecule has 4 aromatic rings. The first kappa shape index (κ1) is 24.3. The van der Waals surface area contributed by atoms with Crippen LogP contribution < -0.4 is 14.8 Å². The van der Waals surface area contributed by atoms with Crippen LogP contribution in [-0.4, -0.2) is 40.6 Å². The number of nitrogens with one attached hydrogen (secondary N) is 1. The number of aryl methyl sites for hydroxylation is 3. The van der Waals surface area contributed by atoms with Gasteiger partial charge in [0.1, 0.15) is 11.5 Å². The molecule has 7 nitrogen and oxygen atoms in total. The van der Waals surface area contributed by atoms with E-state index in [0.29, 0.717) is 22.5 Å². The summed E-state index contributed by atoms with van der Waals surface area (Å²) < 4.78 is 13.0. The maximum absolute atomic E-state index is 12.8. The molecule has 0 aliphatic carbocycles. The molecular weight excluding hydrogens is 460 g/mol. The number of anilines is 1. The Morgan fingerprint density at radius 2 is 1.66 bits per heavy atom. The number of benzene rings is 3. The van der Waals surface area contributed by atoms with E-state index < -0.39 is 0 Å². The Bertz CT molecular complexity index is 1350. The van der Waals surface area contributed by atoms with Gasteiger partial charge in [-0.2, -0.15) is 0 Å². The molecule has 4 rings (SSSR count). The van der Waals surface area contributed by atoms with Crippen molar-refractivity contribution in [2.45, 2.75) is 25.9 Å². The Labute approximate surface area is 209 Å². The second kappa shape index (κ2) is 10.7. The zero-order chi connectivity index (χ0) is 24.9. The lowest BCUT2D eigenvalue weighted by molar-refractivity contribution is -0.113. The molecule has 1 amide bonds. The average molecular weight is 489 g/mol. The van der Waals surface area contributed by atoms with E-state index in [4.69, 9.17) is 9.47 Å². The predicted octanol–water partition coefficient (Wildman–Crippen LogP) is 5.61. The first-order valence-corrected chi connectivity index (χ1v) is 12.1. The largest absolute Gasteiger partial charge is 0.497 e. The summed E-state index contributed by atoms with van der Waals surface area (Å²) in [6.45, 7) is 6.01. The Morgan fingerprint density at radius 3 is 2.37 bits per heavy atom. The third kappa shape index (κ3) is 5.49. The van der Waals surface area contributed by atoms with Crippen LogP contribution in [0.15, 0.2) is 65.8 Å². The second-order valence-electron chi connectivity index (χ2n) is 8.20. The number of rotatable bonds is 8. The van der Waals surface area contributed by atoms with Crippen molar-refractivity contribution in [2.75, 3.05) is 25.3 Å². The predicted molar refractivity (Wildman–Crippen MR) is 140 cm³/mol. The smallest absolute Gasteiger partial charge is 0.234 e. The van der Waals surface area contributed by atoms with Crippen molar-refractivity contribution >= 4 is 23.4 Å². The molecule has 0 saturated carbocycles. The SMILES string of the molecule is COc1ccc(OC)c(-n2c(SCC(=O)Nc3cc(C)ccc3C)nnc2-c2ccc(C)cc2)c1. The monoisotopic (exact) mass is 488 g/mol. The summed E-state index contributed by atoms with van der Waals surface area (Å²) in [4.78, 5) is 12.8. The van der Waals surface area contributed by atoms with Crippen molar-refractivity contribution in [1.82, 2.24) is 14.8 Å². The molecule has 1 aromatic heterocycles. The van der Waals surface area contributed by atoms with Crippen molar-refractivity contribution in [3.8, 4) is 28.6 Å². The van der Waals surface area contributed by atoms with Gasteiger partial charge in [0.25, 0.3) is 0 Å². The number of carbonyl (C=O) groups excluding carboxylic acids is 1. The highest BCUT2D eigenvalue weighted by molar-refractivity contribution is 7.99. The lowest BCUT2D eigenvalue weighted by Crippen LogP contribution is -2.15. The number of carbonyl (C=O) groups is 1. The highest BCUT2D eigenvalue weighted by Gasteiger charge is 2.21. The van der Waals surface area contributed by atoms with Crippen LogP contribution in [0.5, 0.6) is 11.5 Å². The molecule has 8 heteroatoms. The molecule has 0 bridgehead atoms. The van der Waals surface area contributed by atoms with Gasteiger partial charge < -0.3 is 14.8 Å². The molecular formula is C27H28N4O3S. The van der Waals surface area contributed by atoms with E-state index in [1.165, 1.54) is 11.8 Å². The van der Waals surface area contributed by atoms with Gasteiger partial charge >= 0.3 is 0 Å². The van der Waals surface area contributed by atoms with Crippen molar-refractivity contribution in [3.63, 3.8) is 0 Å². The molecule has 1 N–H and O–H groups in total. The third-order valence-electron chi connectivity index (χ3n) is 5.57. The topological polar surface area (TPSA) is 78.3 Å². The molecule has 35 heavy (non-hydrogen) atoms. The van der Waals surface area contributed by atoms with Gasteiger partial charge in [-0.3, -0.25) is 9.36 Å². The molecule has 180 valence electrons. The van der Waals surface area contributed by atoms with E-state index in [2.05, 4.69) is 15.5 Å². The van der Waals surface area contributed by atoms with E-state index in [1.54, 1.807) is 14.2 Å². The Hall–Kier alpha value is -3.78. The van der Waals surface area contributed by atoms with Gasteiger partial charge in [-0.25, -0.2) is 0 Å². The molecule has 0 aliphatic rings. The van der Waals surface area contributed by atoms with Crippen molar-refractivity contribution < 1.29 is 14.3 Å². The van der Waals surface area contributed by atoms with E-state index >= 15 is 0 Å². The number of hydrogen-bond donors (Lipinski definition) is 1. The zero-order valence-electron chi connectivity index (χ0n) is 20.5. The number of nitrogens with zero attached hydrogens (tertiary/aromatic N) is 3. The molecule has 3 aromatic carbocycles. The maximum atomic E-state index is 12.8. The van der Waals surface area contributed by atoms with Gasteiger partial charge in [-0.05, 0) is 50.1 Å². The second-order valence-corrected chi connectivity index (χ2v) is 9.14. The van der Waals surface area contributed by atoms with Crippen LogP contribution in [0.2, 0.25) is 0 Å². The fourth-order valence-corrected chi connectivity index (χ4v) is 4.37. The molecule has 0 radical (unpaired) electrons. The summed E-state index contributed by atoms with van der Waals surface area (Å²) in [5.41, 5.74) is 5.69. The van der Waals surface area contributed by atoms with Gasteiger partial charge in [0.2, 0.25) is 5.91 Å². The van der Waals surface area contributed by atoms with Gasteiger partial charge in [0.15, 0.2) is 11.0 Å². The van der Waals surface area contributed by atoms with Crippen LogP contribution in [0.3, 0.4) is 0 Å². The van der Waals surface area contributed by atoms with E-state index in [0.717, 1.165) is 33.6 Å². The van der Waals surface area contributed by atoms with Crippen LogP contribution >= 0.6 is 11.8 Å². The fraction of sp³-hybridized carbons (Fsp3) is 0.222. The van der Waals surface area contributed by atoms with Crippen LogP contribution in [0.1, 0.15) is 16.7 Å². The Kier molecular flexibility index (Phi) is 7.41. The summed E-state index contributed by atoms with van der Waals surface area (Å²) in [6, 6.07) is 19.6. The summed E-state index contributed by atoms with van der Waals surface area (Å²) >= 11 is 1.31. The number of thioether (sulfide) groups is 1. The Balaban J connectivity index is 1.69. The lowest BCUT2D eigenvalue weighted by atomic mass is 10.1. The quantitative estimate of drug-likeness (QED) is 0.325. The zero-order valence-corrected chi connectivity index (χ0v) is 21.3. The van der Waals surface area contributed by atoms with Gasteiger partial charge in [0.05, 0.1) is 25.7 Å². The number of hydrogen-bond acceptors (Lipinski definition) is 6. The number of methoxy groups -OCH3 is 2. The molecule has 0 saturated heterocycles. The molecule has 0 aliphatic heterocycles. The molecule has 0 unspecified atom stereocenters. The van der Waals surface area contributed by atoms with Gasteiger partial charge in [-0.15, -0.1) is 10.2 Å². The molecule has 0 fully saturated rings. The maximum Gasteiger partial charge on any atom is 0.234 e. The minimum atomic E-state index is -0.118. The normalized spacial score (nSPS) is 10.8. The third-order valence-corrected chi connectivity index (χ3v) is 6.50. The number of amides is 1. The summed E-state index contributed by atoms with van der Waals surface area (Å²) in [5.74, 6) is 2.02. The van der Waals surface area contributed by atoms with E-state index in [-0.39, 0.29) is 11.7 Å². The standard InChI is InChI=1S/C27H28N4O3S/c1-17-7-10-20(11-8-17)26-29-30-27(31(26)23-15-21(33-4)12-13-24(23)34-5)35-16-25(32)28-22-14-18(2)6-9-19(22)3/h6-15H,16H2,1-5H3,(H,28,32). The minimum absolute atomic E-state index is 0.118. The molecule has 0 spiro atoms. The van der Waals surface area contributed by atoms with Gasteiger partial charge in [0, 0.05) is 17.3 Å². The summed E-state index contributed by atoms with van der Waals surface area (Å²) in [7, 11) is 3.23. The van der Waals surface area contributed by atoms with Crippen LogP contribution in [0, 0.1) is 20.8 Å². The number of ether oxygens (including phenoxy) is 2. The van der Waals surface area contributed by atoms with Crippen molar-refractivity contribution in [3.05, 3.63) is 77.4 Å².